The van der Waals surface area contributed by atoms with Gasteiger partial charge >= 0.3 is 5.97 Å². The van der Waals surface area contributed by atoms with Gasteiger partial charge in [-0.05, 0) is 31.5 Å². The van der Waals surface area contributed by atoms with Gasteiger partial charge in [-0.25, -0.2) is 0 Å². The quantitative estimate of drug-likeness (QED) is 0.676. The van der Waals surface area contributed by atoms with E-state index in [-0.39, 0.29) is 5.97 Å². The zero-order valence-electron chi connectivity index (χ0n) is 10.4. The molecule has 2 rings (SSSR count). The SMILES string of the molecule is COC(=O)C1(C)CCCN1Cc1nnn(C)n1. The van der Waals surface area contributed by atoms with Crippen molar-refractivity contribution in [2.45, 2.75) is 31.8 Å². The van der Waals surface area contributed by atoms with Crippen LogP contribution in [0.1, 0.15) is 25.6 Å². The molecule has 1 saturated heterocycles. The van der Waals surface area contributed by atoms with Crippen LogP contribution in [0.5, 0.6) is 0 Å². The molecule has 1 unspecified atom stereocenters. The Labute approximate surface area is 99.7 Å². The van der Waals surface area contributed by atoms with E-state index in [0.717, 1.165) is 19.4 Å². The summed E-state index contributed by atoms with van der Waals surface area (Å²) in [6, 6.07) is 0. The Morgan fingerprint density at radius 3 is 2.94 bits per heavy atom. The maximum atomic E-state index is 11.8. The number of aryl methyl sites for hydroxylation is 1. The van der Waals surface area contributed by atoms with Crippen LogP contribution in [0.4, 0.5) is 0 Å². The number of esters is 1. The number of carbonyl (C=O) groups is 1. The van der Waals surface area contributed by atoms with Gasteiger partial charge in [0.25, 0.3) is 0 Å². The van der Waals surface area contributed by atoms with E-state index in [1.165, 1.54) is 11.9 Å². The largest absolute Gasteiger partial charge is 0.468 e. The van der Waals surface area contributed by atoms with E-state index in [1.54, 1.807) is 7.05 Å². The van der Waals surface area contributed by atoms with Crippen LogP contribution in [-0.2, 0) is 23.1 Å². The van der Waals surface area contributed by atoms with Crippen molar-refractivity contribution in [1.82, 2.24) is 25.1 Å². The topological polar surface area (TPSA) is 73.1 Å². The zero-order chi connectivity index (χ0) is 12.5. The molecule has 1 aromatic heterocycles. The molecular weight excluding hydrogens is 222 g/mol. The van der Waals surface area contributed by atoms with Crippen LogP contribution >= 0.6 is 0 Å². The van der Waals surface area contributed by atoms with Crippen molar-refractivity contribution in [2.75, 3.05) is 13.7 Å². The molecule has 0 aromatic carbocycles. The number of nitrogens with zero attached hydrogens (tertiary/aromatic N) is 5. The lowest BCUT2D eigenvalue weighted by atomic mass is 9.99. The predicted octanol–water partition coefficient (Wildman–Crippen LogP) is -0.262. The number of ether oxygens (including phenoxy) is 1. The van der Waals surface area contributed by atoms with E-state index in [0.29, 0.717) is 12.4 Å². The molecule has 7 heteroatoms. The van der Waals surface area contributed by atoms with Crippen LogP contribution in [0.25, 0.3) is 0 Å². The first-order valence-electron chi connectivity index (χ1n) is 5.62. The molecule has 0 spiro atoms. The highest BCUT2D eigenvalue weighted by atomic mass is 16.5. The lowest BCUT2D eigenvalue weighted by molar-refractivity contribution is -0.152. The summed E-state index contributed by atoms with van der Waals surface area (Å²) in [4.78, 5) is 15.3. The summed E-state index contributed by atoms with van der Waals surface area (Å²) >= 11 is 0. The summed E-state index contributed by atoms with van der Waals surface area (Å²) in [6.45, 7) is 3.28. The summed E-state index contributed by atoms with van der Waals surface area (Å²) in [7, 11) is 3.14. The standard InChI is InChI=1S/C10H17N5O2/c1-10(9(16)17-3)5-4-6-15(10)7-8-11-13-14(2)12-8/h4-7H2,1-3H3. The number of aromatic nitrogens is 4. The number of carbonyl (C=O) groups excluding carboxylic acids is 1. The number of rotatable bonds is 3. The third-order valence-electron chi connectivity index (χ3n) is 3.30. The van der Waals surface area contributed by atoms with Crippen molar-refractivity contribution in [1.29, 1.82) is 0 Å². The highest BCUT2D eigenvalue weighted by molar-refractivity contribution is 5.80. The lowest BCUT2D eigenvalue weighted by Gasteiger charge is -2.31. The molecular formula is C10H17N5O2. The number of likely N-dealkylation sites (tertiary alicyclic amines) is 1. The Morgan fingerprint density at radius 2 is 2.35 bits per heavy atom. The number of tetrazole rings is 1. The molecule has 0 radical (unpaired) electrons. The molecule has 17 heavy (non-hydrogen) atoms. The van der Waals surface area contributed by atoms with Gasteiger partial charge in [0.1, 0.15) is 5.54 Å². The van der Waals surface area contributed by atoms with Crippen molar-refractivity contribution >= 4 is 5.97 Å². The van der Waals surface area contributed by atoms with Gasteiger partial charge in [0.2, 0.25) is 0 Å². The maximum Gasteiger partial charge on any atom is 0.326 e. The molecule has 0 bridgehead atoms. The molecule has 1 fully saturated rings. The van der Waals surface area contributed by atoms with Gasteiger partial charge in [-0.1, -0.05) is 0 Å². The van der Waals surface area contributed by atoms with Crippen LogP contribution in [0.2, 0.25) is 0 Å². The van der Waals surface area contributed by atoms with Crippen LogP contribution in [0.3, 0.4) is 0 Å². The third kappa shape index (κ3) is 2.14. The van der Waals surface area contributed by atoms with Gasteiger partial charge in [0.15, 0.2) is 5.82 Å². The fourth-order valence-corrected chi connectivity index (χ4v) is 2.28. The molecule has 7 nitrogen and oxygen atoms in total. The minimum atomic E-state index is -0.562. The van der Waals surface area contributed by atoms with E-state index in [9.17, 15) is 4.79 Å². The molecule has 1 aliphatic heterocycles. The normalized spacial score (nSPS) is 25.1. The smallest absolute Gasteiger partial charge is 0.326 e. The van der Waals surface area contributed by atoms with Crippen LogP contribution in [0.15, 0.2) is 0 Å². The third-order valence-corrected chi connectivity index (χ3v) is 3.30. The summed E-state index contributed by atoms with van der Waals surface area (Å²) in [6.07, 6.45) is 1.78. The van der Waals surface area contributed by atoms with Gasteiger partial charge in [-0.15, -0.1) is 10.2 Å². The molecule has 0 amide bonds. The Hall–Kier alpha value is -1.50. The van der Waals surface area contributed by atoms with Crippen molar-refractivity contribution in [3.63, 3.8) is 0 Å². The van der Waals surface area contributed by atoms with E-state index in [4.69, 9.17) is 4.74 Å². The summed E-state index contributed by atoms with van der Waals surface area (Å²) in [5, 5.41) is 11.8. The predicted molar refractivity (Wildman–Crippen MR) is 58.9 cm³/mol. The van der Waals surface area contributed by atoms with Crippen molar-refractivity contribution in [3.8, 4) is 0 Å². The average molecular weight is 239 g/mol. The Kier molecular flexibility index (Phi) is 3.10. The molecule has 2 heterocycles. The number of hydrogen-bond acceptors (Lipinski definition) is 6. The minimum absolute atomic E-state index is 0.195. The van der Waals surface area contributed by atoms with Crippen LogP contribution in [0, 0.1) is 0 Å². The highest BCUT2D eigenvalue weighted by Gasteiger charge is 2.44. The monoisotopic (exact) mass is 239 g/mol. The zero-order valence-corrected chi connectivity index (χ0v) is 10.4. The van der Waals surface area contributed by atoms with Crippen molar-refractivity contribution < 1.29 is 9.53 Å². The summed E-state index contributed by atoms with van der Waals surface area (Å²) in [5.41, 5.74) is -0.562. The fraction of sp³-hybridized carbons (Fsp3) is 0.800. The maximum absolute atomic E-state index is 11.8. The van der Waals surface area contributed by atoms with Gasteiger partial charge in [0, 0.05) is 0 Å². The molecule has 1 aromatic rings. The van der Waals surface area contributed by atoms with E-state index in [1.807, 2.05) is 6.92 Å². The Balaban J connectivity index is 2.12. The van der Waals surface area contributed by atoms with Gasteiger partial charge in [0.05, 0.1) is 20.7 Å². The van der Waals surface area contributed by atoms with E-state index >= 15 is 0 Å². The lowest BCUT2D eigenvalue weighted by Crippen LogP contribution is -2.48. The molecule has 1 aliphatic rings. The van der Waals surface area contributed by atoms with Gasteiger partial charge < -0.3 is 4.74 Å². The molecule has 0 saturated carbocycles. The van der Waals surface area contributed by atoms with E-state index < -0.39 is 5.54 Å². The molecule has 1 atom stereocenters. The highest BCUT2D eigenvalue weighted by Crippen LogP contribution is 2.30. The number of hydrogen-bond donors (Lipinski definition) is 0. The van der Waals surface area contributed by atoms with Crippen LogP contribution < -0.4 is 0 Å². The molecule has 0 N–H and O–H groups in total. The number of methoxy groups -OCH3 is 1. The first-order valence-corrected chi connectivity index (χ1v) is 5.62. The second-order valence-corrected chi connectivity index (χ2v) is 4.49. The van der Waals surface area contributed by atoms with Crippen molar-refractivity contribution in [3.05, 3.63) is 5.82 Å². The fourth-order valence-electron chi connectivity index (χ4n) is 2.28. The van der Waals surface area contributed by atoms with Crippen LogP contribution in [-0.4, -0.2) is 50.3 Å². The first kappa shape index (κ1) is 12.0. The summed E-state index contributed by atoms with van der Waals surface area (Å²) < 4.78 is 4.87. The van der Waals surface area contributed by atoms with E-state index in [2.05, 4.69) is 20.3 Å². The minimum Gasteiger partial charge on any atom is -0.468 e. The van der Waals surface area contributed by atoms with Gasteiger partial charge in [-0.2, -0.15) is 4.80 Å². The summed E-state index contributed by atoms with van der Waals surface area (Å²) in [5.74, 6) is 0.434. The second-order valence-electron chi connectivity index (χ2n) is 4.49. The molecule has 0 aliphatic carbocycles. The molecule has 94 valence electrons. The van der Waals surface area contributed by atoms with Crippen molar-refractivity contribution in [2.24, 2.45) is 7.05 Å². The second kappa shape index (κ2) is 4.40. The Bertz CT molecular complexity index is 419. The first-order chi connectivity index (χ1) is 8.06. The van der Waals surface area contributed by atoms with Gasteiger partial charge in [-0.3, -0.25) is 9.69 Å². The Morgan fingerprint density at radius 1 is 1.59 bits per heavy atom. The average Bonchev–Trinajstić information content (AvgIpc) is 2.87.